The highest BCUT2D eigenvalue weighted by molar-refractivity contribution is 6.30. The Morgan fingerprint density at radius 1 is 1.17 bits per heavy atom. The van der Waals surface area contributed by atoms with Gasteiger partial charge in [0.25, 0.3) is 0 Å². The quantitative estimate of drug-likeness (QED) is 0.784. The van der Waals surface area contributed by atoms with Gasteiger partial charge in [0.1, 0.15) is 18.2 Å². The van der Waals surface area contributed by atoms with Crippen LogP contribution in [0.3, 0.4) is 0 Å². The van der Waals surface area contributed by atoms with Crippen molar-refractivity contribution in [2.24, 2.45) is 0 Å². The number of hydrogen-bond acceptors (Lipinski definition) is 2. The zero-order chi connectivity index (χ0) is 13.0. The van der Waals surface area contributed by atoms with Crippen LogP contribution in [0, 0.1) is 5.82 Å². The molecule has 0 aliphatic carbocycles. The average molecular weight is 265 g/mol. The van der Waals surface area contributed by atoms with Crippen LogP contribution in [0.25, 0.3) is 0 Å². The summed E-state index contributed by atoms with van der Waals surface area (Å²) in [6.07, 6.45) is 0.698. The van der Waals surface area contributed by atoms with Gasteiger partial charge in [-0.2, -0.15) is 0 Å². The molecule has 2 aromatic carbocycles. The summed E-state index contributed by atoms with van der Waals surface area (Å²) in [6, 6.07) is 11.5. The standard InChI is InChI=1S/C14H10ClFO2/c15-12-6-3-5-11(14(12)16)9-18-13-7-2-1-4-10(13)8-17/h1-8H,9H2. The summed E-state index contributed by atoms with van der Waals surface area (Å²) in [6.45, 7) is 0.0250. The topological polar surface area (TPSA) is 26.3 Å². The summed E-state index contributed by atoms with van der Waals surface area (Å²) in [5.41, 5.74) is 0.781. The highest BCUT2D eigenvalue weighted by Crippen LogP contribution is 2.21. The van der Waals surface area contributed by atoms with E-state index in [0.29, 0.717) is 23.2 Å². The number of carbonyl (C=O) groups excluding carboxylic acids is 1. The first-order valence-corrected chi connectivity index (χ1v) is 5.70. The normalized spacial score (nSPS) is 10.1. The van der Waals surface area contributed by atoms with Gasteiger partial charge in [0.2, 0.25) is 0 Å². The highest BCUT2D eigenvalue weighted by Gasteiger charge is 2.08. The second-order valence-electron chi connectivity index (χ2n) is 3.66. The minimum absolute atomic E-state index is 0.0250. The lowest BCUT2D eigenvalue weighted by atomic mass is 10.2. The monoisotopic (exact) mass is 264 g/mol. The van der Waals surface area contributed by atoms with Crippen LogP contribution in [0.1, 0.15) is 15.9 Å². The summed E-state index contributed by atoms with van der Waals surface area (Å²) in [7, 11) is 0. The van der Waals surface area contributed by atoms with E-state index in [0.717, 1.165) is 0 Å². The van der Waals surface area contributed by atoms with Gasteiger partial charge in [-0.1, -0.05) is 35.9 Å². The molecule has 2 aromatic rings. The maximum atomic E-state index is 13.6. The second-order valence-corrected chi connectivity index (χ2v) is 4.06. The first-order chi connectivity index (χ1) is 8.72. The van der Waals surface area contributed by atoms with E-state index in [2.05, 4.69) is 0 Å². The van der Waals surface area contributed by atoms with Gasteiger partial charge in [-0.3, -0.25) is 4.79 Å². The fourth-order valence-corrected chi connectivity index (χ4v) is 1.72. The van der Waals surface area contributed by atoms with E-state index in [1.807, 2.05) is 0 Å². The largest absolute Gasteiger partial charge is 0.488 e. The lowest BCUT2D eigenvalue weighted by molar-refractivity contribution is 0.111. The molecule has 0 amide bonds. The Morgan fingerprint density at radius 2 is 1.94 bits per heavy atom. The summed E-state index contributed by atoms with van der Waals surface area (Å²) in [5.74, 6) is -0.0744. The average Bonchev–Trinajstić information content (AvgIpc) is 2.41. The Hall–Kier alpha value is -1.87. The molecular formula is C14H10ClFO2. The highest BCUT2D eigenvalue weighted by atomic mass is 35.5. The van der Waals surface area contributed by atoms with Crippen molar-refractivity contribution in [2.45, 2.75) is 6.61 Å². The Morgan fingerprint density at radius 3 is 2.72 bits per heavy atom. The van der Waals surface area contributed by atoms with Gasteiger partial charge in [-0.25, -0.2) is 4.39 Å². The van der Waals surface area contributed by atoms with E-state index in [1.165, 1.54) is 6.07 Å². The molecule has 92 valence electrons. The third kappa shape index (κ3) is 2.68. The first kappa shape index (κ1) is 12.6. The van der Waals surface area contributed by atoms with Gasteiger partial charge >= 0.3 is 0 Å². The number of ether oxygens (including phenoxy) is 1. The Bertz CT molecular complexity index is 569. The van der Waals surface area contributed by atoms with Gasteiger partial charge in [0.15, 0.2) is 6.29 Å². The SMILES string of the molecule is O=Cc1ccccc1OCc1cccc(Cl)c1F. The van der Waals surface area contributed by atoms with E-state index in [-0.39, 0.29) is 11.6 Å². The van der Waals surface area contributed by atoms with E-state index in [1.54, 1.807) is 36.4 Å². The molecule has 0 aliphatic rings. The van der Waals surface area contributed by atoms with Crippen molar-refractivity contribution in [3.63, 3.8) is 0 Å². The van der Waals surface area contributed by atoms with Crippen molar-refractivity contribution in [3.05, 3.63) is 64.4 Å². The molecule has 0 saturated heterocycles. The third-order valence-corrected chi connectivity index (χ3v) is 2.75. The summed E-state index contributed by atoms with van der Waals surface area (Å²) < 4.78 is 19.0. The maximum absolute atomic E-state index is 13.6. The zero-order valence-electron chi connectivity index (χ0n) is 9.40. The van der Waals surface area contributed by atoms with Crippen LogP contribution >= 0.6 is 11.6 Å². The van der Waals surface area contributed by atoms with Crippen LogP contribution in [-0.2, 0) is 6.61 Å². The molecule has 0 saturated carbocycles. The molecule has 0 atom stereocenters. The Kier molecular flexibility index (Phi) is 3.95. The first-order valence-electron chi connectivity index (χ1n) is 5.32. The molecule has 0 unspecified atom stereocenters. The van der Waals surface area contributed by atoms with Gasteiger partial charge in [-0.15, -0.1) is 0 Å². The lowest BCUT2D eigenvalue weighted by Gasteiger charge is -2.09. The van der Waals surface area contributed by atoms with Crippen LogP contribution < -0.4 is 4.74 Å². The number of rotatable bonds is 4. The van der Waals surface area contributed by atoms with Crippen molar-refractivity contribution in [3.8, 4) is 5.75 Å². The van der Waals surface area contributed by atoms with Crippen LogP contribution in [0.4, 0.5) is 4.39 Å². The number of hydrogen-bond donors (Lipinski definition) is 0. The predicted molar refractivity (Wildman–Crippen MR) is 67.6 cm³/mol. The summed E-state index contributed by atoms with van der Waals surface area (Å²) in [5, 5.41) is 0.0553. The van der Waals surface area contributed by atoms with E-state index in [4.69, 9.17) is 16.3 Å². The van der Waals surface area contributed by atoms with Crippen LogP contribution in [-0.4, -0.2) is 6.29 Å². The van der Waals surface area contributed by atoms with Crippen molar-refractivity contribution in [2.75, 3.05) is 0 Å². The van der Waals surface area contributed by atoms with Crippen molar-refractivity contribution in [1.82, 2.24) is 0 Å². The Labute approximate surface area is 109 Å². The van der Waals surface area contributed by atoms with Crippen LogP contribution in [0.5, 0.6) is 5.75 Å². The van der Waals surface area contributed by atoms with Crippen LogP contribution in [0.15, 0.2) is 42.5 Å². The second kappa shape index (κ2) is 5.65. The molecule has 0 heterocycles. The minimum Gasteiger partial charge on any atom is -0.488 e. The molecule has 2 nitrogen and oxygen atoms in total. The molecule has 0 aromatic heterocycles. The number of carbonyl (C=O) groups is 1. The fraction of sp³-hybridized carbons (Fsp3) is 0.0714. The molecule has 18 heavy (non-hydrogen) atoms. The van der Waals surface area contributed by atoms with Crippen molar-refractivity contribution in [1.29, 1.82) is 0 Å². The smallest absolute Gasteiger partial charge is 0.153 e. The molecule has 0 fully saturated rings. The molecule has 4 heteroatoms. The zero-order valence-corrected chi connectivity index (χ0v) is 10.2. The van der Waals surface area contributed by atoms with Crippen molar-refractivity contribution < 1.29 is 13.9 Å². The van der Waals surface area contributed by atoms with Gasteiger partial charge < -0.3 is 4.74 Å². The predicted octanol–water partition coefficient (Wildman–Crippen LogP) is 3.87. The summed E-state index contributed by atoms with van der Waals surface area (Å²) >= 11 is 5.67. The lowest BCUT2D eigenvalue weighted by Crippen LogP contribution is -2.00. The van der Waals surface area contributed by atoms with Gasteiger partial charge in [0.05, 0.1) is 10.6 Å². The van der Waals surface area contributed by atoms with Gasteiger partial charge in [0, 0.05) is 5.56 Å². The fourth-order valence-electron chi connectivity index (χ4n) is 1.52. The van der Waals surface area contributed by atoms with E-state index < -0.39 is 5.82 Å². The Balaban J connectivity index is 2.16. The van der Waals surface area contributed by atoms with Crippen molar-refractivity contribution >= 4 is 17.9 Å². The number of benzene rings is 2. The van der Waals surface area contributed by atoms with Gasteiger partial charge in [-0.05, 0) is 18.2 Å². The number of halogens is 2. The van der Waals surface area contributed by atoms with E-state index in [9.17, 15) is 9.18 Å². The molecular weight excluding hydrogens is 255 g/mol. The third-order valence-electron chi connectivity index (χ3n) is 2.46. The molecule has 0 bridgehead atoms. The minimum atomic E-state index is -0.497. The molecule has 0 aliphatic heterocycles. The van der Waals surface area contributed by atoms with Crippen LogP contribution in [0.2, 0.25) is 5.02 Å². The molecule has 0 radical (unpaired) electrons. The van der Waals surface area contributed by atoms with E-state index >= 15 is 0 Å². The number of aldehydes is 1. The summed E-state index contributed by atoms with van der Waals surface area (Å²) in [4.78, 5) is 10.8. The maximum Gasteiger partial charge on any atom is 0.153 e. The number of para-hydroxylation sites is 1. The molecule has 2 rings (SSSR count). The molecule has 0 spiro atoms. The molecule has 0 N–H and O–H groups in total.